The zero-order valence-corrected chi connectivity index (χ0v) is 28.6. The number of fused-ring (bicyclic) bond motifs is 2. The smallest absolute Gasteiger partial charge is 0.320 e. The van der Waals surface area contributed by atoms with Crippen LogP contribution in [0.3, 0.4) is 0 Å². The van der Waals surface area contributed by atoms with Gasteiger partial charge in [0.25, 0.3) is 12.0 Å². The second-order valence-electron chi connectivity index (χ2n) is 12.7. The highest BCUT2D eigenvalue weighted by Gasteiger charge is 2.28. The first-order chi connectivity index (χ1) is 23.0. The van der Waals surface area contributed by atoms with Crippen LogP contribution in [0.1, 0.15) is 36.8 Å². The fraction of sp³-hybridized carbons (Fsp3) is 0.500. The van der Waals surface area contributed by atoms with Gasteiger partial charge in [0.05, 0.1) is 60.4 Å². The highest BCUT2D eigenvalue weighted by atomic mass is 32.3. The van der Waals surface area contributed by atoms with Gasteiger partial charge < -0.3 is 18.8 Å². The Morgan fingerprint density at radius 3 is 2.67 bits per heavy atom. The summed E-state index contributed by atoms with van der Waals surface area (Å²) in [6.07, 6.45) is 5.86. The molecule has 2 aromatic heterocycles. The summed E-state index contributed by atoms with van der Waals surface area (Å²) in [5.41, 5.74) is 1.55. The van der Waals surface area contributed by atoms with E-state index in [0.717, 1.165) is 25.1 Å². The molecule has 0 bridgehead atoms. The molecule has 0 spiro atoms. The van der Waals surface area contributed by atoms with Crippen LogP contribution in [0.25, 0.3) is 21.8 Å². The maximum Gasteiger partial charge on any atom is 0.320 e. The van der Waals surface area contributed by atoms with Gasteiger partial charge in [0.1, 0.15) is 31.0 Å². The second kappa shape index (κ2) is 15.4. The van der Waals surface area contributed by atoms with Gasteiger partial charge in [-0.15, -0.1) is 0 Å². The first-order valence-electron chi connectivity index (χ1n) is 15.9. The number of rotatable bonds is 15. The molecule has 258 valence electrons. The van der Waals surface area contributed by atoms with E-state index in [1.54, 1.807) is 19.1 Å². The predicted molar refractivity (Wildman–Crippen MR) is 182 cm³/mol. The Kier molecular flexibility index (Phi) is 11.3. The molecule has 0 saturated carbocycles. The number of alkyl halides is 2. The zero-order chi connectivity index (χ0) is 34.4. The standard InChI is InChI=1S/C34H42F2N6O5S/c1-5-46-33(43)20-40-12-8-9-24(40)19-42-34(44)26-11-7-6-10-25(26)27(39-42)17-32-38-28-16-30(47-21-31(35)36)23(18-37)15-29(28)41(32)22-45-13-14-48(2,3)4/h6-7,10-11,15-16,24,31H,5,8-9,12-14,17,19-22H2,1-4H3. The molecule has 5 rings (SSSR count). The third-order valence-electron chi connectivity index (χ3n) is 8.26. The molecule has 0 N–H and O–H groups in total. The van der Waals surface area contributed by atoms with Crippen LogP contribution in [0.15, 0.2) is 41.2 Å². The highest BCUT2D eigenvalue weighted by Crippen LogP contribution is 2.34. The number of benzene rings is 2. The van der Waals surface area contributed by atoms with Gasteiger partial charge >= 0.3 is 5.97 Å². The highest BCUT2D eigenvalue weighted by molar-refractivity contribution is 8.32. The van der Waals surface area contributed by atoms with E-state index in [-0.39, 0.29) is 48.6 Å². The minimum Gasteiger partial charge on any atom is -0.486 e. The van der Waals surface area contributed by atoms with Crippen molar-refractivity contribution >= 4 is 37.8 Å². The van der Waals surface area contributed by atoms with Gasteiger partial charge in [0.15, 0.2) is 0 Å². The SMILES string of the molecule is CCOC(=O)CN1CCCC1Cn1nc(Cc2nc3cc(OCC(F)F)c(C#N)cc3n2COCCS(C)(C)C)c2ccccc2c1=O. The van der Waals surface area contributed by atoms with Crippen LogP contribution in [-0.2, 0) is 34.0 Å². The number of nitriles is 1. The Bertz CT molecular complexity index is 1870. The van der Waals surface area contributed by atoms with E-state index < -0.39 is 23.1 Å². The van der Waals surface area contributed by atoms with E-state index in [4.69, 9.17) is 24.3 Å². The molecule has 0 aliphatic carbocycles. The topological polar surface area (TPSA) is 125 Å². The predicted octanol–water partition coefficient (Wildman–Crippen LogP) is 4.55. The van der Waals surface area contributed by atoms with E-state index in [9.17, 15) is 23.6 Å². The molecular formula is C34H42F2N6O5S. The van der Waals surface area contributed by atoms with Crippen LogP contribution < -0.4 is 10.3 Å². The van der Waals surface area contributed by atoms with Crippen molar-refractivity contribution in [3.63, 3.8) is 0 Å². The average Bonchev–Trinajstić information content (AvgIpc) is 3.62. The lowest BCUT2D eigenvalue weighted by Gasteiger charge is -2.24. The molecule has 4 aromatic rings. The molecule has 2 aromatic carbocycles. The Labute approximate surface area is 279 Å². The summed E-state index contributed by atoms with van der Waals surface area (Å²) in [5.74, 6) is 1.20. The van der Waals surface area contributed by atoms with Crippen LogP contribution in [0.5, 0.6) is 5.75 Å². The van der Waals surface area contributed by atoms with E-state index in [0.29, 0.717) is 53.1 Å². The summed E-state index contributed by atoms with van der Waals surface area (Å²) in [4.78, 5) is 32.8. The van der Waals surface area contributed by atoms with Crippen molar-refractivity contribution in [1.82, 2.24) is 24.2 Å². The van der Waals surface area contributed by atoms with Crippen LogP contribution in [0, 0.1) is 11.3 Å². The lowest BCUT2D eigenvalue weighted by atomic mass is 10.1. The molecule has 14 heteroatoms. The number of likely N-dealkylation sites (tertiary alicyclic amines) is 1. The van der Waals surface area contributed by atoms with E-state index in [1.165, 1.54) is 10.7 Å². The van der Waals surface area contributed by atoms with E-state index >= 15 is 0 Å². The Hall–Kier alpha value is -4.06. The molecule has 1 unspecified atom stereocenters. The number of carbonyl (C=O) groups excluding carboxylic acids is 1. The van der Waals surface area contributed by atoms with Crippen LogP contribution in [-0.4, -0.2) is 100 Å². The molecule has 1 atom stereocenters. The van der Waals surface area contributed by atoms with Crippen LogP contribution in [0.4, 0.5) is 8.78 Å². The van der Waals surface area contributed by atoms with Gasteiger partial charge in [-0.3, -0.25) is 14.5 Å². The van der Waals surface area contributed by atoms with Crippen molar-refractivity contribution in [2.75, 3.05) is 57.4 Å². The van der Waals surface area contributed by atoms with Crippen molar-refractivity contribution in [3.05, 3.63) is 63.8 Å². The fourth-order valence-electron chi connectivity index (χ4n) is 5.90. The van der Waals surface area contributed by atoms with Gasteiger partial charge in [0.2, 0.25) is 0 Å². The van der Waals surface area contributed by atoms with Crippen molar-refractivity contribution < 1.29 is 27.8 Å². The number of nitrogens with zero attached hydrogens (tertiary/aromatic N) is 6. The zero-order valence-electron chi connectivity index (χ0n) is 27.8. The van der Waals surface area contributed by atoms with Gasteiger partial charge in [-0.1, -0.05) is 18.2 Å². The molecule has 0 amide bonds. The van der Waals surface area contributed by atoms with E-state index in [2.05, 4.69) is 18.8 Å². The first kappa shape index (κ1) is 35.3. The number of imidazole rings is 1. The Morgan fingerprint density at radius 2 is 1.96 bits per heavy atom. The number of aromatic nitrogens is 4. The molecule has 11 nitrogen and oxygen atoms in total. The van der Waals surface area contributed by atoms with E-state index in [1.807, 2.05) is 33.7 Å². The number of hydrogen-bond acceptors (Lipinski definition) is 9. The third-order valence-corrected chi connectivity index (χ3v) is 9.66. The van der Waals surface area contributed by atoms with Crippen molar-refractivity contribution in [3.8, 4) is 11.8 Å². The summed E-state index contributed by atoms with van der Waals surface area (Å²) >= 11 is 0. The van der Waals surface area contributed by atoms with Crippen molar-refractivity contribution in [2.45, 2.75) is 51.9 Å². The first-order valence-corrected chi connectivity index (χ1v) is 19.0. The van der Waals surface area contributed by atoms with Gasteiger partial charge in [-0.2, -0.15) is 10.4 Å². The third kappa shape index (κ3) is 8.50. The number of esters is 1. The molecule has 48 heavy (non-hydrogen) atoms. The summed E-state index contributed by atoms with van der Waals surface area (Å²) in [6.45, 7) is 3.09. The minimum atomic E-state index is -2.70. The second-order valence-corrected chi connectivity index (χ2v) is 17.3. The summed E-state index contributed by atoms with van der Waals surface area (Å²) in [7, 11) is -0.795. The summed E-state index contributed by atoms with van der Waals surface area (Å²) in [6, 6.07) is 12.4. The van der Waals surface area contributed by atoms with Crippen LogP contribution in [0.2, 0.25) is 0 Å². The Balaban J connectivity index is 1.53. The van der Waals surface area contributed by atoms with Crippen molar-refractivity contribution in [2.24, 2.45) is 0 Å². The average molecular weight is 685 g/mol. The summed E-state index contributed by atoms with van der Waals surface area (Å²) in [5, 5.41) is 15.9. The molecule has 1 fully saturated rings. The van der Waals surface area contributed by atoms with Crippen LogP contribution >= 0.6 is 10.0 Å². The molecule has 0 radical (unpaired) electrons. The molecule has 1 aliphatic heterocycles. The molecule has 1 aliphatic rings. The lowest BCUT2D eigenvalue weighted by Crippen LogP contribution is -2.40. The number of ether oxygens (including phenoxy) is 3. The van der Waals surface area contributed by atoms with Crippen molar-refractivity contribution in [1.29, 1.82) is 5.26 Å². The molecule has 1 saturated heterocycles. The molecule has 3 heterocycles. The lowest BCUT2D eigenvalue weighted by molar-refractivity contribution is -0.144. The monoisotopic (exact) mass is 684 g/mol. The number of hydrogen-bond donors (Lipinski definition) is 0. The summed E-state index contributed by atoms with van der Waals surface area (Å²) < 4.78 is 45.8. The minimum absolute atomic E-state index is 0.0276. The largest absolute Gasteiger partial charge is 0.486 e. The maximum absolute atomic E-state index is 13.7. The maximum atomic E-state index is 13.7. The van der Waals surface area contributed by atoms with Gasteiger partial charge in [-0.05, 0) is 57.2 Å². The van der Waals surface area contributed by atoms with Gasteiger partial charge in [-0.25, -0.2) is 28.5 Å². The number of carbonyl (C=O) groups is 1. The number of halogens is 2. The fourth-order valence-corrected chi connectivity index (χ4v) is 6.51. The quantitative estimate of drug-likeness (QED) is 0.131. The van der Waals surface area contributed by atoms with Gasteiger partial charge in [0, 0.05) is 23.2 Å². The normalized spacial score (nSPS) is 15.8. The molecular weight excluding hydrogens is 642 g/mol. The Morgan fingerprint density at radius 1 is 1.19 bits per heavy atom.